The van der Waals surface area contributed by atoms with Gasteiger partial charge in [-0.05, 0) is 49.1 Å². The van der Waals surface area contributed by atoms with Crippen molar-refractivity contribution in [1.82, 2.24) is 5.32 Å². The van der Waals surface area contributed by atoms with Crippen molar-refractivity contribution in [1.29, 1.82) is 0 Å². The van der Waals surface area contributed by atoms with Gasteiger partial charge in [0.2, 0.25) is 0 Å². The molecule has 0 saturated heterocycles. The molecule has 1 nitrogen and oxygen atoms in total. The minimum Gasteiger partial charge on any atom is -0.310 e. The largest absolute Gasteiger partial charge is 0.310 e. The molecule has 1 aromatic carbocycles. The third-order valence-corrected chi connectivity index (χ3v) is 5.68. The Balaban J connectivity index is 2.34. The molecule has 0 radical (unpaired) electrons. The van der Waals surface area contributed by atoms with Gasteiger partial charge in [0, 0.05) is 6.04 Å². The van der Waals surface area contributed by atoms with Crippen LogP contribution in [0.2, 0.25) is 0 Å². The zero-order valence-electron chi connectivity index (χ0n) is 14.3. The molecule has 0 amide bonds. The van der Waals surface area contributed by atoms with E-state index in [-0.39, 0.29) is 0 Å². The highest BCUT2D eigenvalue weighted by Crippen LogP contribution is 2.72. The number of aryl methyl sites for hydroxylation is 2. The molecular weight excluding hydrogens is 242 g/mol. The Kier molecular flexibility index (Phi) is 4.03. The Bertz CT molecular complexity index is 450. The topological polar surface area (TPSA) is 12.0 Å². The zero-order valence-corrected chi connectivity index (χ0v) is 14.3. The summed E-state index contributed by atoms with van der Waals surface area (Å²) in [6.07, 6.45) is 1.19. The fourth-order valence-electron chi connectivity index (χ4n) is 4.00. The third-order valence-electron chi connectivity index (χ3n) is 5.68. The first-order valence-electron chi connectivity index (χ1n) is 8.03. The average molecular weight is 273 g/mol. The highest BCUT2D eigenvalue weighted by molar-refractivity contribution is 5.34. The standard InChI is InChI=1S/C19H31N/c1-8-9-20-16(17-18(4,5)19(17,6)7)15-11-13(2)10-14(3)12-15/h10-12,16-17,20H,8-9H2,1-7H3. The van der Waals surface area contributed by atoms with Crippen LogP contribution in [0.25, 0.3) is 0 Å². The van der Waals surface area contributed by atoms with Crippen LogP contribution in [-0.4, -0.2) is 6.54 Å². The third kappa shape index (κ3) is 2.53. The Hall–Kier alpha value is -0.820. The smallest absolute Gasteiger partial charge is 0.0359 e. The summed E-state index contributed by atoms with van der Waals surface area (Å²) in [5.41, 5.74) is 5.05. The maximum Gasteiger partial charge on any atom is 0.0359 e. The minimum atomic E-state index is 0.413. The van der Waals surface area contributed by atoms with E-state index in [2.05, 4.69) is 72.0 Å². The second kappa shape index (κ2) is 5.18. The van der Waals surface area contributed by atoms with E-state index in [1.54, 1.807) is 0 Å². The molecule has 20 heavy (non-hydrogen) atoms. The van der Waals surface area contributed by atoms with Crippen LogP contribution in [0.15, 0.2) is 18.2 Å². The molecule has 0 bridgehead atoms. The normalized spacial score (nSPS) is 21.8. The minimum absolute atomic E-state index is 0.413. The van der Waals surface area contributed by atoms with Crippen LogP contribution >= 0.6 is 0 Å². The number of nitrogens with one attached hydrogen (secondary N) is 1. The van der Waals surface area contributed by atoms with Gasteiger partial charge in [0.1, 0.15) is 0 Å². The van der Waals surface area contributed by atoms with E-state index in [4.69, 9.17) is 0 Å². The maximum absolute atomic E-state index is 3.81. The van der Waals surface area contributed by atoms with Gasteiger partial charge in [0.25, 0.3) is 0 Å². The van der Waals surface area contributed by atoms with Gasteiger partial charge >= 0.3 is 0 Å². The highest BCUT2D eigenvalue weighted by atomic mass is 15.0. The van der Waals surface area contributed by atoms with E-state index >= 15 is 0 Å². The molecule has 1 heteroatoms. The summed E-state index contributed by atoms with van der Waals surface area (Å²) in [5, 5.41) is 3.81. The SMILES string of the molecule is CCCNC(c1cc(C)cc(C)c1)C1C(C)(C)C1(C)C. The van der Waals surface area contributed by atoms with Gasteiger partial charge in [-0.2, -0.15) is 0 Å². The number of rotatable bonds is 5. The lowest BCUT2D eigenvalue weighted by molar-refractivity contribution is 0.409. The first-order valence-corrected chi connectivity index (χ1v) is 8.03. The molecule has 1 N–H and O–H groups in total. The van der Waals surface area contributed by atoms with Crippen molar-refractivity contribution >= 4 is 0 Å². The van der Waals surface area contributed by atoms with Gasteiger partial charge in [0.15, 0.2) is 0 Å². The van der Waals surface area contributed by atoms with Crippen LogP contribution < -0.4 is 5.32 Å². The average Bonchev–Trinajstić information content (AvgIpc) is 2.71. The predicted octanol–water partition coefficient (Wildman–Crippen LogP) is 5.03. The van der Waals surface area contributed by atoms with Crippen LogP contribution in [0.4, 0.5) is 0 Å². The van der Waals surface area contributed by atoms with Gasteiger partial charge in [-0.1, -0.05) is 63.9 Å². The van der Waals surface area contributed by atoms with Gasteiger partial charge < -0.3 is 5.32 Å². The first-order chi connectivity index (χ1) is 9.21. The molecule has 0 aliphatic heterocycles. The van der Waals surface area contributed by atoms with Crippen LogP contribution in [0.1, 0.15) is 63.8 Å². The molecule has 1 aliphatic carbocycles. The Morgan fingerprint density at radius 1 is 1.00 bits per heavy atom. The maximum atomic E-state index is 3.81. The van der Waals surface area contributed by atoms with Crippen LogP contribution in [0.3, 0.4) is 0 Å². The second-order valence-electron chi connectivity index (χ2n) is 7.77. The summed E-state index contributed by atoms with van der Waals surface area (Å²) >= 11 is 0. The quantitative estimate of drug-likeness (QED) is 0.793. The summed E-state index contributed by atoms with van der Waals surface area (Å²) in [7, 11) is 0. The van der Waals surface area contributed by atoms with Gasteiger partial charge in [0.05, 0.1) is 0 Å². The van der Waals surface area contributed by atoms with Crippen molar-refractivity contribution in [3.63, 3.8) is 0 Å². The van der Waals surface area contributed by atoms with Crippen molar-refractivity contribution in [2.24, 2.45) is 16.7 Å². The predicted molar refractivity (Wildman–Crippen MR) is 88.0 cm³/mol. The summed E-state index contributed by atoms with van der Waals surface area (Å²) in [6, 6.07) is 7.48. The molecule has 1 atom stereocenters. The van der Waals surface area contributed by atoms with E-state index in [1.807, 2.05) is 0 Å². The van der Waals surface area contributed by atoms with E-state index in [0.717, 1.165) is 6.54 Å². The Labute approximate surface area is 125 Å². The number of hydrogen-bond acceptors (Lipinski definition) is 1. The molecule has 112 valence electrons. The second-order valence-corrected chi connectivity index (χ2v) is 7.77. The van der Waals surface area contributed by atoms with Gasteiger partial charge in [-0.15, -0.1) is 0 Å². The van der Waals surface area contributed by atoms with Crippen molar-refractivity contribution in [2.75, 3.05) is 6.54 Å². The van der Waals surface area contributed by atoms with Crippen molar-refractivity contribution < 1.29 is 0 Å². The fraction of sp³-hybridized carbons (Fsp3) is 0.684. The van der Waals surface area contributed by atoms with Crippen LogP contribution in [-0.2, 0) is 0 Å². The van der Waals surface area contributed by atoms with Gasteiger partial charge in [-0.3, -0.25) is 0 Å². The van der Waals surface area contributed by atoms with Crippen molar-refractivity contribution in [3.8, 4) is 0 Å². The Morgan fingerprint density at radius 3 is 1.90 bits per heavy atom. The van der Waals surface area contributed by atoms with Crippen LogP contribution in [0.5, 0.6) is 0 Å². The molecular formula is C19H31N. The zero-order chi connectivity index (χ0) is 15.1. The summed E-state index contributed by atoms with van der Waals surface area (Å²) in [5.74, 6) is 0.711. The molecule has 1 unspecified atom stereocenters. The fourth-order valence-corrected chi connectivity index (χ4v) is 4.00. The summed E-state index contributed by atoms with van der Waals surface area (Å²) in [4.78, 5) is 0. The molecule has 0 aromatic heterocycles. The van der Waals surface area contributed by atoms with E-state index < -0.39 is 0 Å². The van der Waals surface area contributed by atoms with Crippen LogP contribution in [0, 0.1) is 30.6 Å². The number of benzene rings is 1. The lowest BCUT2D eigenvalue weighted by atomic mass is 9.93. The first kappa shape index (κ1) is 15.6. The lowest BCUT2D eigenvalue weighted by Gasteiger charge is -2.22. The number of hydrogen-bond donors (Lipinski definition) is 1. The van der Waals surface area contributed by atoms with E-state index in [1.165, 1.54) is 23.1 Å². The monoisotopic (exact) mass is 273 g/mol. The molecule has 1 aromatic rings. The van der Waals surface area contributed by atoms with Gasteiger partial charge in [-0.25, -0.2) is 0 Å². The summed E-state index contributed by atoms with van der Waals surface area (Å²) < 4.78 is 0. The van der Waals surface area contributed by atoms with E-state index in [0.29, 0.717) is 22.8 Å². The molecule has 1 fully saturated rings. The summed E-state index contributed by atoms with van der Waals surface area (Å²) in [6.45, 7) is 17.4. The van der Waals surface area contributed by atoms with Crippen molar-refractivity contribution in [3.05, 3.63) is 34.9 Å². The molecule has 0 spiro atoms. The molecule has 0 heterocycles. The molecule has 2 rings (SSSR count). The molecule has 1 saturated carbocycles. The Morgan fingerprint density at radius 2 is 1.50 bits per heavy atom. The molecule has 1 aliphatic rings. The lowest BCUT2D eigenvalue weighted by Crippen LogP contribution is -2.26. The van der Waals surface area contributed by atoms with E-state index in [9.17, 15) is 0 Å². The van der Waals surface area contributed by atoms with Crippen molar-refractivity contribution in [2.45, 2.75) is 60.9 Å². The highest BCUT2D eigenvalue weighted by Gasteiger charge is 2.67.